The number of rotatable bonds is 6. The van der Waals surface area contributed by atoms with Crippen molar-refractivity contribution in [3.63, 3.8) is 0 Å². The lowest BCUT2D eigenvalue weighted by Gasteiger charge is -2.12. The summed E-state index contributed by atoms with van der Waals surface area (Å²) >= 11 is 0. The summed E-state index contributed by atoms with van der Waals surface area (Å²) in [6.07, 6.45) is -0.218. The van der Waals surface area contributed by atoms with Crippen molar-refractivity contribution in [2.24, 2.45) is 5.92 Å². The fourth-order valence-corrected chi connectivity index (χ4v) is 1.99. The van der Waals surface area contributed by atoms with Gasteiger partial charge in [0.05, 0.1) is 6.61 Å². The van der Waals surface area contributed by atoms with Gasteiger partial charge in [0.2, 0.25) is 0 Å². The largest absolute Gasteiger partial charge is 0.476 e. The molecule has 0 radical (unpaired) electrons. The highest BCUT2D eigenvalue weighted by Crippen LogP contribution is 2.22. The fraction of sp³-hybridized carbons (Fsp3) is 0.533. The maximum Gasteiger partial charge on any atom is 0.347 e. The lowest BCUT2D eigenvalue weighted by atomic mass is 10.2. The number of cyclic esters (lactones) is 1. The van der Waals surface area contributed by atoms with Crippen LogP contribution in [0, 0.1) is 11.7 Å². The van der Waals surface area contributed by atoms with Gasteiger partial charge in [0, 0.05) is 13.0 Å². The van der Waals surface area contributed by atoms with Crippen molar-refractivity contribution in [1.82, 2.24) is 5.32 Å². The van der Waals surface area contributed by atoms with Crippen molar-refractivity contribution < 1.29 is 18.7 Å². The van der Waals surface area contributed by atoms with Crippen molar-refractivity contribution in [1.29, 1.82) is 0 Å². The molecule has 1 aliphatic rings. The second-order valence-electron chi connectivity index (χ2n) is 5.35. The zero-order valence-electron chi connectivity index (χ0n) is 11.8. The first-order valence-electron chi connectivity index (χ1n) is 6.88. The third kappa shape index (κ3) is 3.93. The Labute approximate surface area is 118 Å². The average molecular weight is 281 g/mol. The second kappa shape index (κ2) is 6.70. The van der Waals surface area contributed by atoms with Gasteiger partial charge >= 0.3 is 5.97 Å². The Morgan fingerprint density at radius 1 is 1.50 bits per heavy atom. The van der Waals surface area contributed by atoms with Gasteiger partial charge in [-0.25, -0.2) is 9.18 Å². The topological polar surface area (TPSA) is 47.6 Å². The average Bonchev–Trinajstić information content (AvgIpc) is 2.78. The SMILES string of the molecule is CC(C)CNCc1ccc(OC2CCOC2=O)c(F)c1. The number of halogens is 1. The highest BCUT2D eigenvalue weighted by molar-refractivity contribution is 5.76. The van der Waals surface area contributed by atoms with Crippen LogP contribution >= 0.6 is 0 Å². The first kappa shape index (κ1) is 14.8. The molecule has 110 valence electrons. The van der Waals surface area contributed by atoms with Gasteiger partial charge in [-0.3, -0.25) is 0 Å². The number of ether oxygens (including phenoxy) is 2. The molecule has 2 rings (SSSR count). The van der Waals surface area contributed by atoms with Crippen molar-refractivity contribution in [3.8, 4) is 5.75 Å². The normalized spacial score (nSPS) is 18.4. The van der Waals surface area contributed by atoms with Gasteiger partial charge in [-0.15, -0.1) is 0 Å². The smallest absolute Gasteiger partial charge is 0.347 e. The molecular formula is C15H20FNO3. The number of hydrogen-bond donors (Lipinski definition) is 1. The molecule has 1 heterocycles. The molecule has 1 atom stereocenters. The summed E-state index contributed by atoms with van der Waals surface area (Å²) in [5.74, 6) is -0.224. The van der Waals surface area contributed by atoms with Gasteiger partial charge in [0.25, 0.3) is 0 Å². The maximum absolute atomic E-state index is 13.9. The van der Waals surface area contributed by atoms with E-state index in [1.54, 1.807) is 12.1 Å². The molecular weight excluding hydrogens is 261 g/mol. The zero-order valence-corrected chi connectivity index (χ0v) is 11.8. The zero-order chi connectivity index (χ0) is 14.5. The summed E-state index contributed by atoms with van der Waals surface area (Å²) in [6, 6.07) is 4.79. The van der Waals surface area contributed by atoms with E-state index in [4.69, 9.17) is 9.47 Å². The minimum absolute atomic E-state index is 0.0986. The van der Waals surface area contributed by atoms with E-state index in [2.05, 4.69) is 19.2 Å². The van der Waals surface area contributed by atoms with E-state index in [-0.39, 0.29) is 5.75 Å². The number of carbonyl (C=O) groups excluding carboxylic acids is 1. The van der Waals surface area contributed by atoms with E-state index in [0.29, 0.717) is 25.5 Å². The molecule has 0 aromatic heterocycles. The Hall–Kier alpha value is -1.62. The van der Waals surface area contributed by atoms with Crippen LogP contribution < -0.4 is 10.1 Å². The number of esters is 1. The van der Waals surface area contributed by atoms with Crippen LogP contribution in [-0.2, 0) is 16.1 Å². The third-order valence-electron chi connectivity index (χ3n) is 3.03. The predicted octanol–water partition coefficient (Wildman–Crippen LogP) is 2.27. The minimum atomic E-state index is -0.686. The molecule has 5 heteroatoms. The molecule has 0 saturated carbocycles. The molecule has 0 amide bonds. The van der Waals surface area contributed by atoms with Crippen LogP contribution in [0.1, 0.15) is 25.8 Å². The molecule has 20 heavy (non-hydrogen) atoms. The molecule has 1 aliphatic heterocycles. The lowest BCUT2D eigenvalue weighted by Crippen LogP contribution is -2.22. The number of nitrogens with one attached hydrogen (secondary N) is 1. The maximum atomic E-state index is 13.9. The summed E-state index contributed by atoms with van der Waals surface area (Å²) < 4.78 is 24.0. The lowest BCUT2D eigenvalue weighted by molar-refractivity contribution is -0.143. The highest BCUT2D eigenvalue weighted by atomic mass is 19.1. The molecule has 1 fully saturated rings. The molecule has 4 nitrogen and oxygen atoms in total. The van der Waals surface area contributed by atoms with E-state index in [1.165, 1.54) is 6.07 Å². The summed E-state index contributed by atoms with van der Waals surface area (Å²) in [7, 11) is 0. The van der Waals surface area contributed by atoms with Crippen LogP contribution in [0.25, 0.3) is 0 Å². The standard InChI is InChI=1S/C15H20FNO3/c1-10(2)8-17-9-11-3-4-13(12(16)7-11)20-14-5-6-19-15(14)18/h3-4,7,10,14,17H,5-6,8-9H2,1-2H3. The Morgan fingerprint density at radius 3 is 2.90 bits per heavy atom. The Bertz CT molecular complexity index is 476. The molecule has 0 spiro atoms. The first-order valence-corrected chi connectivity index (χ1v) is 6.88. The van der Waals surface area contributed by atoms with E-state index < -0.39 is 17.9 Å². The first-order chi connectivity index (χ1) is 9.56. The van der Waals surface area contributed by atoms with Gasteiger partial charge in [-0.1, -0.05) is 19.9 Å². The molecule has 1 aromatic carbocycles. The van der Waals surface area contributed by atoms with E-state index in [0.717, 1.165) is 12.1 Å². The predicted molar refractivity (Wildman–Crippen MR) is 72.9 cm³/mol. The van der Waals surface area contributed by atoms with E-state index in [1.807, 2.05) is 0 Å². The number of hydrogen-bond acceptors (Lipinski definition) is 4. The Kier molecular flexibility index (Phi) is 4.95. The fourth-order valence-electron chi connectivity index (χ4n) is 1.99. The van der Waals surface area contributed by atoms with Crippen LogP contribution in [0.2, 0.25) is 0 Å². The Morgan fingerprint density at radius 2 is 2.30 bits per heavy atom. The number of benzene rings is 1. The van der Waals surface area contributed by atoms with Crippen LogP contribution in [0.4, 0.5) is 4.39 Å². The van der Waals surface area contributed by atoms with Crippen LogP contribution in [-0.4, -0.2) is 25.2 Å². The third-order valence-corrected chi connectivity index (χ3v) is 3.03. The summed E-state index contributed by atoms with van der Waals surface area (Å²) in [6.45, 7) is 6.06. The van der Waals surface area contributed by atoms with Gasteiger partial charge in [-0.05, 0) is 30.2 Å². The van der Waals surface area contributed by atoms with Crippen LogP contribution in [0.3, 0.4) is 0 Å². The summed E-state index contributed by atoms with van der Waals surface area (Å²) in [5, 5.41) is 3.25. The van der Waals surface area contributed by atoms with Gasteiger partial charge in [0.1, 0.15) is 0 Å². The molecule has 0 aliphatic carbocycles. The van der Waals surface area contributed by atoms with Crippen molar-refractivity contribution in [3.05, 3.63) is 29.6 Å². The molecule has 1 unspecified atom stereocenters. The van der Waals surface area contributed by atoms with Crippen molar-refractivity contribution in [2.45, 2.75) is 32.9 Å². The van der Waals surface area contributed by atoms with Gasteiger partial charge in [0.15, 0.2) is 17.7 Å². The minimum Gasteiger partial charge on any atom is -0.476 e. The number of carbonyl (C=O) groups is 1. The second-order valence-corrected chi connectivity index (χ2v) is 5.35. The summed E-state index contributed by atoms with van der Waals surface area (Å²) in [4.78, 5) is 11.3. The van der Waals surface area contributed by atoms with Crippen LogP contribution in [0.15, 0.2) is 18.2 Å². The molecule has 1 aromatic rings. The van der Waals surface area contributed by atoms with Crippen molar-refractivity contribution in [2.75, 3.05) is 13.2 Å². The van der Waals surface area contributed by atoms with E-state index >= 15 is 0 Å². The quantitative estimate of drug-likeness (QED) is 0.813. The van der Waals surface area contributed by atoms with Gasteiger partial charge < -0.3 is 14.8 Å². The molecule has 0 bridgehead atoms. The highest BCUT2D eigenvalue weighted by Gasteiger charge is 2.29. The Balaban J connectivity index is 1.93. The monoisotopic (exact) mass is 281 g/mol. The molecule has 1 N–H and O–H groups in total. The molecule has 1 saturated heterocycles. The van der Waals surface area contributed by atoms with E-state index in [9.17, 15) is 9.18 Å². The van der Waals surface area contributed by atoms with Crippen LogP contribution in [0.5, 0.6) is 5.75 Å². The van der Waals surface area contributed by atoms with Crippen molar-refractivity contribution >= 4 is 5.97 Å². The van der Waals surface area contributed by atoms with Gasteiger partial charge in [-0.2, -0.15) is 0 Å². The summed E-state index contributed by atoms with van der Waals surface area (Å²) in [5.41, 5.74) is 0.851.